The summed E-state index contributed by atoms with van der Waals surface area (Å²) in [6.07, 6.45) is -0.699. The molecule has 0 unspecified atom stereocenters. The molecule has 1 saturated heterocycles. The Labute approximate surface area is 119 Å². The standard InChI is InChI=1S/C15H11BrO3/c16-10-7-5-9(6-8-10)14-15(19-14)13(18)11-3-1-2-4-12(11)17/h1-8,14-15,17H/t14-,15-/m0/s1. The van der Waals surface area contributed by atoms with Gasteiger partial charge in [-0.3, -0.25) is 4.79 Å². The SMILES string of the molecule is O=C(c1ccccc1O)[C@@H]1O[C@H]1c1ccc(Br)cc1. The van der Waals surface area contributed by atoms with Gasteiger partial charge in [-0.15, -0.1) is 0 Å². The highest BCUT2D eigenvalue weighted by molar-refractivity contribution is 9.10. The molecule has 1 heterocycles. The molecular formula is C15H11BrO3. The summed E-state index contributed by atoms with van der Waals surface area (Å²) >= 11 is 3.36. The van der Waals surface area contributed by atoms with Gasteiger partial charge in [0.1, 0.15) is 11.9 Å². The van der Waals surface area contributed by atoms with Gasteiger partial charge in [-0.2, -0.15) is 0 Å². The number of Topliss-reactive ketones (excluding diaryl/α,β-unsaturated/α-hetero) is 1. The van der Waals surface area contributed by atoms with E-state index < -0.39 is 6.10 Å². The van der Waals surface area contributed by atoms with E-state index in [1.54, 1.807) is 18.2 Å². The number of para-hydroxylation sites is 1. The molecule has 0 saturated carbocycles. The van der Waals surface area contributed by atoms with E-state index in [0.717, 1.165) is 10.0 Å². The average Bonchev–Trinajstić information content (AvgIpc) is 3.20. The van der Waals surface area contributed by atoms with Gasteiger partial charge >= 0.3 is 0 Å². The number of hydrogen-bond acceptors (Lipinski definition) is 3. The molecule has 2 aromatic rings. The maximum absolute atomic E-state index is 12.2. The van der Waals surface area contributed by atoms with Crippen molar-refractivity contribution in [1.82, 2.24) is 0 Å². The number of halogens is 1. The highest BCUT2D eigenvalue weighted by Gasteiger charge is 2.46. The number of rotatable bonds is 3. The summed E-state index contributed by atoms with van der Waals surface area (Å²) in [5.74, 6) is -0.177. The number of hydrogen-bond donors (Lipinski definition) is 1. The fourth-order valence-electron chi connectivity index (χ4n) is 2.05. The number of ether oxygens (including phenoxy) is 1. The number of carbonyl (C=O) groups is 1. The van der Waals surface area contributed by atoms with E-state index in [1.165, 1.54) is 6.07 Å². The number of benzene rings is 2. The van der Waals surface area contributed by atoms with Crippen molar-refractivity contribution in [3.05, 3.63) is 64.1 Å². The molecule has 0 bridgehead atoms. The van der Waals surface area contributed by atoms with Gasteiger partial charge < -0.3 is 9.84 Å². The smallest absolute Gasteiger partial charge is 0.198 e. The predicted octanol–water partition coefficient (Wildman–Crippen LogP) is 3.48. The summed E-state index contributed by atoms with van der Waals surface area (Å²) in [7, 11) is 0. The molecule has 0 spiro atoms. The van der Waals surface area contributed by atoms with E-state index in [9.17, 15) is 9.90 Å². The van der Waals surface area contributed by atoms with Crippen molar-refractivity contribution in [2.45, 2.75) is 12.2 Å². The fraction of sp³-hybridized carbons (Fsp3) is 0.133. The quantitative estimate of drug-likeness (QED) is 0.696. The molecule has 0 aliphatic carbocycles. The van der Waals surface area contributed by atoms with E-state index in [2.05, 4.69) is 15.9 Å². The topological polar surface area (TPSA) is 49.8 Å². The first-order valence-corrected chi connectivity index (χ1v) is 6.69. The van der Waals surface area contributed by atoms with Gasteiger partial charge in [-0.1, -0.05) is 40.2 Å². The molecular weight excluding hydrogens is 308 g/mol. The van der Waals surface area contributed by atoms with Crippen molar-refractivity contribution >= 4 is 21.7 Å². The zero-order chi connectivity index (χ0) is 13.4. The third-order valence-electron chi connectivity index (χ3n) is 3.12. The Balaban J connectivity index is 1.78. The van der Waals surface area contributed by atoms with Crippen LogP contribution in [0, 0.1) is 0 Å². The Morgan fingerprint density at radius 2 is 1.79 bits per heavy atom. The molecule has 3 rings (SSSR count). The van der Waals surface area contributed by atoms with Crippen molar-refractivity contribution in [3.8, 4) is 5.75 Å². The van der Waals surface area contributed by atoms with Crippen molar-refractivity contribution in [2.24, 2.45) is 0 Å². The van der Waals surface area contributed by atoms with Crippen LogP contribution < -0.4 is 0 Å². The van der Waals surface area contributed by atoms with Gasteiger partial charge in [-0.05, 0) is 29.8 Å². The Morgan fingerprint density at radius 1 is 1.11 bits per heavy atom. The first-order valence-electron chi connectivity index (χ1n) is 5.90. The largest absolute Gasteiger partial charge is 0.507 e. The second-order valence-corrected chi connectivity index (χ2v) is 5.33. The van der Waals surface area contributed by atoms with Crippen LogP contribution in [0.1, 0.15) is 22.0 Å². The lowest BCUT2D eigenvalue weighted by atomic mass is 10.0. The average molecular weight is 319 g/mol. The summed E-state index contributed by atoms with van der Waals surface area (Å²) in [6, 6.07) is 14.2. The molecule has 96 valence electrons. The van der Waals surface area contributed by atoms with Crippen LogP contribution >= 0.6 is 15.9 Å². The second kappa shape index (κ2) is 4.79. The number of phenolic OH excluding ortho intramolecular Hbond substituents is 1. The van der Waals surface area contributed by atoms with Gasteiger partial charge in [0.05, 0.1) is 5.56 Å². The molecule has 1 N–H and O–H groups in total. The van der Waals surface area contributed by atoms with Gasteiger partial charge in [-0.25, -0.2) is 0 Å². The molecule has 3 nitrogen and oxygen atoms in total. The summed E-state index contributed by atoms with van der Waals surface area (Å²) < 4.78 is 6.42. The normalized spacial score (nSPS) is 21.1. The predicted molar refractivity (Wildman–Crippen MR) is 74.2 cm³/mol. The number of phenols is 1. The van der Waals surface area contributed by atoms with Crippen LogP contribution in [-0.4, -0.2) is 17.0 Å². The van der Waals surface area contributed by atoms with Crippen LogP contribution in [0.15, 0.2) is 53.0 Å². The third-order valence-corrected chi connectivity index (χ3v) is 3.65. The summed E-state index contributed by atoms with van der Waals surface area (Å²) in [5, 5.41) is 9.67. The molecule has 2 atom stereocenters. The first kappa shape index (κ1) is 12.4. The third kappa shape index (κ3) is 2.41. The van der Waals surface area contributed by atoms with Crippen molar-refractivity contribution in [3.63, 3.8) is 0 Å². The summed E-state index contributed by atoms with van der Waals surface area (Å²) in [4.78, 5) is 12.2. The monoisotopic (exact) mass is 318 g/mol. The Kier molecular flexibility index (Phi) is 3.12. The van der Waals surface area contributed by atoms with Crippen LogP contribution in [0.5, 0.6) is 5.75 Å². The minimum atomic E-state index is -0.491. The number of carbonyl (C=O) groups excluding carboxylic acids is 1. The number of epoxide rings is 1. The Bertz CT molecular complexity index is 622. The van der Waals surface area contributed by atoms with E-state index in [-0.39, 0.29) is 17.6 Å². The molecule has 0 amide bonds. The zero-order valence-electron chi connectivity index (χ0n) is 9.92. The molecule has 2 aromatic carbocycles. The maximum Gasteiger partial charge on any atom is 0.198 e. The zero-order valence-corrected chi connectivity index (χ0v) is 11.5. The molecule has 4 heteroatoms. The lowest BCUT2D eigenvalue weighted by Gasteiger charge is -2.00. The van der Waals surface area contributed by atoms with E-state index in [1.807, 2.05) is 24.3 Å². The fourth-order valence-corrected chi connectivity index (χ4v) is 2.32. The van der Waals surface area contributed by atoms with Crippen LogP contribution in [0.4, 0.5) is 0 Å². The number of ketones is 1. The van der Waals surface area contributed by atoms with Crippen LogP contribution in [-0.2, 0) is 4.74 Å². The van der Waals surface area contributed by atoms with Gasteiger partial charge in [0.2, 0.25) is 0 Å². The van der Waals surface area contributed by atoms with Gasteiger partial charge in [0, 0.05) is 4.47 Å². The lowest BCUT2D eigenvalue weighted by Crippen LogP contribution is -2.08. The lowest BCUT2D eigenvalue weighted by molar-refractivity contribution is 0.0951. The molecule has 1 aliphatic heterocycles. The van der Waals surface area contributed by atoms with Crippen LogP contribution in [0.25, 0.3) is 0 Å². The van der Waals surface area contributed by atoms with E-state index in [4.69, 9.17) is 4.74 Å². The summed E-state index contributed by atoms with van der Waals surface area (Å²) in [5.41, 5.74) is 1.28. The molecule has 1 aliphatic rings. The highest BCUT2D eigenvalue weighted by atomic mass is 79.9. The first-order chi connectivity index (χ1) is 9.16. The second-order valence-electron chi connectivity index (χ2n) is 4.41. The van der Waals surface area contributed by atoms with Crippen LogP contribution in [0.3, 0.4) is 0 Å². The van der Waals surface area contributed by atoms with Crippen molar-refractivity contribution in [1.29, 1.82) is 0 Å². The van der Waals surface area contributed by atoms with E-state index >= 15 is 0 Å². The highest BCUT2D eigenvalue weighted by Crippen LogP contribution is 2.41. The molecule has 19 heavy (non-hydrogen) atoms. The molecule has 0 aromatic heterocycles. The van der Waals surface area contributed by atoms with E-state index in [0.29, 0.717) is 5.56 Å². The minimum Gasteiger partial charge on any atom is -0.507 e. The van der Waals surface area contributed by atoms with Crippen molar-refractivity contribution < 1.29 is 14.6 Å². The number of aromatic hydroxyl groups is 1. The molecule has 0 radical (unpaired) electrons. The Morgan fingerprint density at radius 3 is 2.47 bits per heavy atom. The summed E-state index contributed by atoms with van der Waals surface area (Å²) in [6.45, 7) is 0. The minimum absolute atomic E-state index is 0.00226. The van der Waals surface area contributed by atoms with Crippen LogP contribution in [0.2, 0.25) is 0 Å². The molecule has 1 fully saturated rings. The van der Waals surface area contributed by atoms with Gasteiger partial charge in [0.15, 0.2) is 11.9 Å². The van der Waals surface area contributed by atoms with Crippen molar-refractivity contribution in [2.75, 3.05) is 0 Å². The van der Waals surface area contributed by atoms with Gasteiger partial charge in [0.25, 0.3) is 0 Å². The maximum atomic E-state index is 12.2. The Hall–Kier alpha value is -1.65.